The van der Waals surface area contributed by atoms with E-state index in [1.807, 2.05) is 35.2 Å². The van der Waals surface area contributed by atoms with E-state index in [1.165, 1.54) is 16.7 Å². The minimum Gasteiger partial charge on any atom is -0.309 e. The molecule has 7 heteroatoms. The molecule has 0 amide bonds. The van der Waals surface area contributed by atoms with Crippen LogP contribution in [-0.4, -0.2) is 20.9 Å². The minimum atomic E-state index is -0.706. The first-order valence-electron chi connectivity index (χ1n) is 7.92. The molecule has 4 rings (SSSR count). The summed E-state index contributed by atoms with van der Waals surface area (Å²) >= 11 is 0. The Kier molecular flexibility index (Phi) is 3.68. The molecule has 1 aromatic heterocycles. The predicted molar refractivity (Wildman–Crippen MR) is 91.7 cm³/mol. The van der Waals surface area contributed by atoms with Crippen LogP contribution in [0.4, 0.5) is 16.0 Å². The maximum atomic E-state index is 13.4. The van der Waals surface area contributed by atoms with Crippen LogP contribution in [-0.2, 0) is 13.1 Å². The van der Waals surface area contributed by atoms with Gasteiger partial charge in [-0.2, -0.15) is 0 Å². The number of benzene rings is 2. The number of nitrogens with zero attached hydrogens (tertiary/aromatic N) is 4. The van der Waals surface area contributed by atoms with E-state index in [0.717, 1.165) is 10.4 Å². The molecule has 0 saturated heterocycles. The fourth-order valence-electron chi connectivity index (χ4n) is 2.99. The van der Waals surface area contributed by atoms with Gasteiger partial charge in [-0.05, 0) is 29.8 Å². The van der Waals surface area contributed by atoms with Gasteiger partial charge in [0, 0.05) is 18.8 Å². The van der Waals surface area contributed by atoms with Gasteiger partial charge in [0.15, 0.2) is 0 Å². The van der Waals surface area contributed by atoms with E-state index in [-0.39, 0.29) is 6.54 Å². The summed E-state index contributed by atoms with van der Waals surface area (Å²) in [6.45, 7) is 1.02. The quantitative estimate of drug-likeness (QED) is 0.683. The van der Waals surface area contributed by atoms with E-state index in [4.69, 9.17) is 0 Å². The largest absolute Gasteiger partial charge is 0.333 e. The molecule has 0 bridgehead atoms. The van der Waals surface area contributed by atoms with Crippen LogP contribution in [0.3, 0.4) is 0 Å². The Bertz CT molecular complexity index is 1040. The van der Waals surface area contributed by atoms with E-state index >= 15 is 0 Å². The predicted octanol–water partition coefficient (Wildman–Crippen LogP) is 1.74. The highest BCUT2D eigenvalue weighted by Crippen LogP contribution is 2.25. The second-order valence-corrected chi connectivity index (χ2v) is 5.84. The molecule has 25 heavy (non-hydrogen) atoms. The highest BCUT2D eigenvalue weighted by atomic mass is 19.1. The number of aromatic nitrogens is 3. The third-order valence-corrected chi connectivity index (χ3v) is 4.19. The van der Waals surface area contributed by atoms with Crippen molar-refractivity contribution in [1.29, 1.82) is 0 Å². The molecule has 6 nitrogen and oxygen atoms in total. The molecule has 0 spiro atoms. The lowest BCUT2D eigenvalue weighted by Crippen LogP contribution is -2.42. The lowest BCUT2D eigenvalue weighted by Gasteiger charge is -2.17. The molecule has 2 aromatic carbocycles. The van der Waals surface area contributed by atoms with Crippen molar-refractivity contribution in [3.05, 3.63) is 86.7 Å². The molecule has 3 aromatic rings. The Hall–Kier alpha value is -3.22. The standard InChI is InChI=1S/C18H15FN4O2/c19-14-6-4-5-13(11-14)12-23-17(25)16(24)22-10-9-21(18(22)20-23)15-7-2-1-3-8-15/h1-8,11H,9-10,12H2. The van der Waals surface area contributed by atoms with Crippen molar-refractivity contribution in [3.63, 3.8) is 0 Å². The lowest BCUT2D eigenvalue weighted by atomic mass is 10.2. The van der Waals surface area contributed by atoms with Crippen LogP contribution in [0.15, 0.2) is 64.2 Å². The van der Waals surface area contributed by atoms with Gasteiger partial charge in [-0.15, -0.1) is 5.10 Å². The molecular weight excluding hydrogens is 323 g/mol. The summed E-state index contributed by atoms with van der Waals surface area (Å²) in [5, 5.41) is 4.37. The summed E-state index contributed by atoms with van der Waals surface area (Å²) in [5.41, 5.74) is 0.155. The molecule has 0 radical (unpaired) electrons. The van der Waals surface area contributed by atoms with Gasteiger partial charge in [0.25, 0.3) is 0 Å². The summed E-state index contributed by atoms with van der Waals surface area (Å²) in [4.78, 5) is 26.6. The molecule has 1 aliphatic rings. The maximum absolute atomic E-state index is 13.4. The smallest absolute Gasteiger partial charge is 0.309 e. The van der Waals surface area contributed by atoms with Crippen molar-refractivity contribution in [1.82, 2.24) is 14.3 Å². The SMILES string of the molecule is O=c1c(=O)n2c(nn1Cc1cccc(F)c1)N(c1ccccc1)CC2. The van der Waals surface area contributed by atoms with Crippen LogP contribution in [0.25, 0.3) is 0 Å². The molecule has 1 aliphatic heterocycles. The molecule has 0 N–H and O–H groups in total. The van der Waals surface area contributed by atoms with E-state index < -0.39 is 16.9 Å². The van der Waals surface area contributed by atoms with Crippen LogP contribution in [0.2, 0.25) is 0 Å². The second-order valence-electron chi connectivity index (χ2n) is 5.84. The van der Waals surface area contributed by atoms with Gasteiger partial charge in [0.05, 0.1) is 6.54 Å². The van der Waals surface area contributed by atoms with Crippen LogP contribution in [0, 0.1) is 5.82 Å². The normalized spacial score (nSPS) is 13.1. The Labute approximate surface area is 142 Å². The maximum Gasteiger partial charge on any atom is 0.333 e. The van der Waals surface area contributed by atoms with Crippen molar-refractivity contribution in [2.24, 2.45) is 0 Å². The van der Waals surface area contributed by atoms with Crippen LogP contribution >= 0.6 is 0 Å². The van der Waals surface area contributed by atoms with Gasteiger partial charge < -0.3 is 4.90 Å². The first kappa shape index (κ1) is 15.3. The molecule has 0 fully saturated rings. The van der Waals surface area contributed by atoms with Gasteiger partial charge in [0.1, 0.15) is 5.82 Å². The van der Waals surface area contributed by atoms with E-state index in [0.29, 0.717) is 24.6 Å². The molecule has 0 saturated carbocycles. The van der Waals surface area contributed by atoms with Crippen LogP contribution < -0.4 is 16.0 Å². The molecule has 0 aliphatic carbocycles. The Balaban J connectivity index is 1.79. The molecular formula is C18H15FN4O2. The average molecular weight is 338 g/mol. The van der Waals surface area contributed by atoms with Gasteiger partial charge in [-0.3, -0.25) is 14.2 Å². The second kappa shape index (κ2) is 6.01. The first-order valence-corrected chi connectivity index (χ1v) is 7.92. The molecule has 0 unspecified atom stereocenters. The fraction of sp³-hybridized carbons (Fsp3) is 0.167. The van der Waals surface area contributed by atoms with Crippen molar-refractivity contribution in [3.8, 4) is 0 Å². The van der Waals surface area contributed by atoms with Gasteiger partial charge in [-0.1, -0.05) is 30.3 Å². The molecule has 126 valence electrons. The number of hydrogen-bond acceptors (Lipinski definition) is 4. The zero-order chi connectivity index (χ0) is 17.4. The average Bonchev–Trinajstić information content (AvgIpc) is 3.04. The number of hydrogen-bond donors (Lipinski definition) is 0. The van der Waals surface area contributed by atoms with E-state index in [9.17, 15) is 14.0 Å². The Morgan fingerprint density at radius 1 is 0.960 bits per heavy atom. The highest BCUT2D eigenvalue weighted by Gasteiger charge is 2.25. The fourth-order valence-corrected chi connectivity index (χ4v) is 2.99. The van der Waals surface area contributed by atoms with Crippen molar-refractivity contribution >= 4 is 11.6 Å². The zero-order valence-corrected chi connectivity index (χ0v) is 13.3. The van der Waals surface area contributed by atoms with Gasteiger partial charge >= 0.3 is 11.1 Å². The zero-order valence-electron chi connectivity index (χ0n) is 13.3. The van der Waals surface area contributed by atoms with Gasteiger partial charge in [-0.25, -0.2) is 9.07 Å². The van der Waals surface area contributed by atoms with Crippen LogP contribution in [0.1, 0.15) is 5.56 Å². The van der Waals surface area contributed by atoms with Gasteiger partial charge in [0.2, 0.25) is 5.95 Å². The minimum absolute atomic E-state index is 0.0440. The molecule has 0 atom stereocenters. The number of anilines is 2. The third-order valence-electron chi connectivity index (χ3n) is 4.19. The summed E-state index contributed by atoms with van der Waals surface area (Å²) in [6, 6.07) is 15.5. The summed E-state index contributed by atoms with van der Waals surface area (Å²) in [5.74, 6) is 0.0292. The lowest BCUT2D eigenvalue weighted by molar-refractivity contribution is 0.584. The number of rotatable bonds is 3. The third kappa shape index (κ3) is 2.73. The summed E-state index contributed by atoms with van der Waals surface area (Å²) in [6.07, 6.45) is 0. The van der Waals surface area contributed by atoms with Crippen molar-refractivity contribution in [2.75, 3.05) is 11.4 Å². The Morgan fingerprint density at radius 2 is 1.76 bits per heavy atom. The van der Waals surface area contributed by atoms with Crippen molar-refractivity contribution in [2.45, 2.75) is 13.1 Å². The monoisotopic (exact) mass is 338 g/mol. The summed E-state index contributed by atoms with van der Waals surface area (Å²) in [7, 11) is 0. The topological polar surface area (TPSA) is 60.1 Å². The Morgan fingerprint density at radius 3 is 2.52 bits per heavy atom. The van der Waals surface area contributed by atoms with E-state index in [1.54, 1.807) is 12.1 Å². The highest BCUT2D eigenvalue weighted by molar-refractivity contribution is 5.58. The van der Waals surface area contributed by atoms with E-state index in [2.05, 4.69) is 5.10 Å². The number of halogens is 1. The number of para-hydroxylation sites is 1. The van der Waals surface area contributed by atoms with Crippen molar-refractivity contribution < 1.29 is 4.39 Å². The first-order chi connectivity index (χ1) is 12.1. The molecule has 2 heterocycles. The summed E-state index contributed by atoms with van der Waals surface area (Å²) < 4.78 is 15.9. The number of fused-ring (bicyclic) bond motifs is 1. The van der Waals surface area contributed by atoms with Crippen LogP contribution in [0.5, 0.6) is 0 Å².